The number of amides is 2. The first-order chi connectivity index (χ1) is 11.7. The van der Waals surface area contributed by atoms with E-state index < -0.39 is 6.04 Å². The van der Waals surface area contributed by atoms with E-state index in [9.17, 15) is 9.59 Å². The van der Waals surface area contributed by atoms with Crippen LogP contribution in [0.2, 0.25) is 0 Å². The molecule has 1 atom stereocenters. The van der Waals surface area contributed by atoms with Gasteiger partial charge in [-0.05, 0) is 50.2 Å². The fraction of sp³-hybridized carbons (Fsp3) is 0.500. The van der Waals surface area contributed by atoms with Crippen molar-refractivity contribution in [1.29, 1.82) is 0 Å². The molecule has 1 N–H and O–H groups in total. The smallest absolute Gasteiger partial charge is 0.247 e. The van der Waals surface area contributed by atoms with Gasteiger partial charge >= 0.3 is 0 Å². The Morgan fingerprint density at radius 3 is 2.88 bits per heavy atom. The highest BCUT2D eigenvalue weighted by Gasteiger charge is 2.35. The molecule has 0 aromatic heterocycles. The molecule has 0 spiro atoms. The van der Waals surface area contributed by atoms with E-state index in [1.165, 1.54) is 18.4 Å². The molecule has 1 aromatic carbocycles. The molecule has 3 rings (SSSR count). The Morgan fingerprint density at radius 2 is 2.12 bits per heavy atom. The van der Waals surface area contributed by atoms with Crippen molar-refractivity contribution in [1.82, 2.24) is 10.2 Å². The normalized spacial score (nSPS) is 20.4. The second-order valence-corrected chi connectivity index (χ2v) is 6.61. The van der Waals surface area contributed by atoms with Crippen LogP contribution in [0.5, 0.6) is 0 Å². The molecule has 128 valence electrons. The zero-order valence-corrected chi connectivity index (χ0v) is 14.4. The predicted molar refractivity (Wildman–Crippen MR) is 94.5 cm³/mol. The molecule has 0 saturated heterocycles. The lowest BCUT2D eigenvalue weighted by atomic mass is 9.91. The Hall–Kier alpha value is -2.10. The summed E-state index contributed by atoms with van der Waals surface area (Å²) < 4.78 is 0. The molecule has 1 aliphatic heterocycles. The third-order valence-electron chi connectivity index (χ3n) is 5.04. The van der Waals surface area contributed by atoms with Crippen molar-refractivity contribution in [2.45, 2.75) is 51.5 Å². The largest absolute Gasteiger partial charge is 0.354 e. The minimum absolute atomic E-state index is 0.0336. The standard InChI is InChI=1S/C20H26N2O2/c1-2-22-18(23)14-16-10-6-7-11-17(16)19(22)20(24)21-13-12-15-8-4-3-5-9-15/h6-8,10-11,19H,2-5,9,12-14H2,1H3,(H,21,24)/t19-/m1/s1. The van der Waals surface area contributed by atoms with Crippen LogP contribution in [0.4, 0.5) is 0 Å². The average Bonchev–Trinajstić information content (AvgIpc) is 2.61. The molecule has 2 amide bonds. The molecule has 0 unspecified atom stereocenters. The number of benzene rings is 1. The number of hydrogen-bond acceptors (Lipinski definition) is 2. The molecule has 0 fully saturated rings. The van der Waals surface area contributed by atoms with Crippen molar-refractivity contribution in [3.63, 3.8) is 0 Å². The molecule has 0 saturated carbocycles. The van der Waals surface area contributed by atoms with Gasteiger partial charge in [-0.15, -0.1) is 0 Å². The number of carbonyl (C=O) groups excluding carboxylic acids is 2. The molecular weight excluding hydrogens is 300 g/mol. The molecule has 0 radical (unpaired) electrons. The highest BCUT2D eigenvalue weighted by Crippen LogP contribution is 2.30. The monoisotopic (exact) mass is 326 g/mol. The van der Waals surface area contributed by atoms with E-state index in [4.69, 9.17) is 0 Å². The molecule has 1 aliphatic carbocycles. The quantitative estimate of drug-likeness (QED) is 0.845. The van der Waals surface area contributed by atoms with Gasteiger partial charge in [0.1, 0.15) is 6.04 Å². The second-order valence-electron chi connectivity index (χ2n) is 6.61. The second kappa shape index (κ2) is 7.65. The first-order valence-corrected chi connectivity index (χ1v) is 9.03. The van der Waals surface area contributed by atoms with E-state index in [-0.39, 0.29) is 11.8 Å². The molecule has 1 heterocycles. The van der Waals surface area contributed by atoms with Gasteiger partial charge in [0.15, 0.2) is 0 Å². The van der Waals surface area contributed by atoms with Crippen LogP contribution in [0.25, 0.3) is 0 Å². The summed E-state index contributed by atoms with van der Waals surface area (Å²) in [6, 6.07) is 7.30. The van der Waals surface area contributed by atoms with Gasteiger partial charge in [0.25, 0.3) is 0 Å². The summed E-state index contributed by atoms with van der Waals surface area (Å²) in [4.78, 5) is 26.8. The van der Waals surface area contributed by atoms with Crippen molar-refractivity contribution < 1.29 is 9.59 Å². The van der Waals surface area contributed by atoms with Crippen LogP contribution in [-0.4, -0.2) is 29.8 Å². The van der Waals surface area contributed by atoms with E-state index in [1.807, 2.05) is 31.2 Å². The highest BCUT2D eigenvalue weighted by molar-refractivity contribution is 5.92. The van der Waals surface area contributed by atoms with Crippen LogP contribution < -0.4 is 5.32 Å². The highest BCUT2D eigenvalue weighted by atomic mass is 16.2. The molecule has 4 nitrogen and oxygen atoms in total. The Kier molecular flexibility index (Phi) is 5.34. The van der Waals surface area contributed by atoms with Gasteiger partial charge in [-0.25, -0.2) is 0 Å². The molecule has 0 bridgehead atoms. The van der Waals surface area contributed by atoms with Gasteiger partial charge in [0.05, 0.1) is 6.42 Å². The molecule has 4 heteroatoms. The summed E-state index contributed by atoms with van der Waals surface area (Å²) in [5, 5.41) is 3.05. The van der Waals surface area contributed by atoms with E-state index in [0.29, 0.717) is 19.5 Å². The van der Waals surface area contributed by atoms with Gasteiger partial charge in [0, 0.05) is 13.1 Å². The van der Waals surface area contributed by atoms with E-state index >= 15 is 0 Å². The van der Waals surface area contributed by atoms with Crippen molar-refractivity contribution in [2.75, 3.05) is 13.1 Å². The fourth-order valence-corrected chi connectivity index (χ4v) is 3.75. The summed E-state index contributed by atoms with van der Waals surface area (Å²) in [6.45, 7) is 3.13. The Balaban J connectivity index is 1.69. The number of hydrogen-bond donors (Lipinski definition) is 1. The average molecular weight is 326 g/mol. The summed E-state index contributed by atoms with van der Waals surface area (Å²) in [6.07, 6.45) is 8.48. The minimum Gasteiger partial charge on any atom is -0.354 e. The lowest BCUT2D eigenvalue weighted by molar-refractivity contribution is -0.141. The van der Waals surface area contributed by atoms with E-state index in [1.54, 1.807) is 4.90 Å². The van der Waals surface area contributed by atoms with Crippen LogP contribution in [0, 0.1) is 0 Å². The maximum Gasteiger partial charge on any atom is 0.247 e. The minimum atomic E-state index is -0.493. The maximum atomic E-state index is 12.8. The third-order valence-corrected chi connectivity index (χ3v) is 5.04. The zero-order chi connectivity index (χ0) is 16.9. The van der Waals surface area contributed by atoms with Crippen LogP contribution in [0.3, 0.4) is 0 Å². The van der Waals surface area contributed by atoms with Gasteiger partial charge in [0.2, 0.25) is 11.8 Å². The first-order valence-electron chi connectivity index (χ1n) is 9.03. The first kappa shape index (κ1) is 16.7. The maximum absolute atomic E-state index is 12.8. The summed E-state index contributed by atoms with van der Waals surface area (Å²) in [7, 11) is 0. The number of nitrogens with zero attached hydrogens (tertiary/aromatic N) is 1. The number of nitrogens with one attached hydrogen (secondary N) is 1. The van der Waals surface area contributed by atoms with Crippen LogP contribution in [0.15, 0.2) is 35.9 Å². The van der Waals surface area contributed by atoms with Gasteiger partial charge < -0.3 is 10.2 Å². The number of likely N-dealkylation sites (N-methyl/N-ethyl adjacent to an activating group) is 1. The van der Waals surface area contributed by atoms with Gasteiger partial charge in [-0.3, -0.25) is 9.59 Å². The van der Waals surface area contributed by atoms with Crippen LogP contribution >= 0.6 is 0 Å². The van der Waals surface area contributed by atoms with Crippen molar-refractivity contribution >= 4 is 11.8 Å². The van der Waals surface area contributed by atoms with E-state index in [0.717, 1.165) is 30.4 Å². The third kappa shape index (κ3) is 3.53. The van der Waals surface area contributed by atoms with Crippen molar-refractivity contribution in [3.8, 4) is 0 Å². The summed E-state index contributed by atoms with van der Waals surface area (Å²) >= 11 is 0. The predicted octanol–water partition coefficient (Wildman–Crippen LogP) is 3.14. The Morgan fingerprint density at radius 1 is 1.29 bits per heavy atom. The topological polar surface area (TPSA) is 49.4 Å². The van der Waals surface area contributed by atoms with E-state index in [2.05, 4.69) is 11.4 Å². The Bertz CT molecular complexity index is 651. The summed E-state index contributed by atoms with van der Waals surface area (Å²) in [5.41, 5.74) is 3.39. The lowest BCUT2D eigenvalue weighted by Gasteiger charge is -2.35. The number of rotatable bonds is 5. The SMILES string of the molecule is CCN1C(=O)Cc2ccccc2[C@@H]1C(=O)NCCC1=CCCCC1. The molecule has 2 aliphatic rings. The van der Waals surface area contributed by atoms with Gasteiger partial charge in [-0.1, -0.05) is 35.9 Å². The number of allylic oxidation sites excluding steroid dienone is 1. The Labute approximate surface area is 143 Å². The fourth-order valence-electron chi connectivity index (χ4n) is 3.75. The van der Waals surface area contributed by atoms with Crippen molar-refractivity contribution in [3.05, 3.63) is 47.0 Å². The lowest BCUT2D eigenvalue weighted by Crippen LogP contribution is -2.47. The number of fused-ring (bicyclic) bond motifs is 1. The molecule has 1 aromatic rings. The number of carbonyl (C=O) groups is 2. The van der Waals surface area contributed by atoms with Crippen LogP contribution in [0.1, 0.15) is 56.2 Å². The van der Waals surface area contributed by atoms with Crippen LogP contribution in [-0.2, 0) is 16.0 Å². The zero-order valence-electron chi connectivity index (χ0n) is 14.4. The summed E-state index contributed by atoms with van der Waals surface area (Å²) in [5.74, 6) is -0.0277. The molecule has 24 heavy (non-hydrogen) atoms. The molecular formula is C20H26N2O2. The van der Waals surface area contributed by atoms with Crippen molar-refractivity contribution in [2.24, 2.45) is 0 Å². The van der Waals surface area contributed by atoms with Gasteiger partial charge in [-0.2, -0.15) is 0 Å².